The van der Waals surface area contributed by atoms with E-state index in [1.165, 1.54) is 6.07 Å². The van der Waals surface area contributed by atoms with Crippen molar-refractivity contribution in [1.29, 1.82) is 5.26 Å². The van der Waals surface area contributed by atoms with Crippen LogP contribution in [0.5, 0.6) is 5.75 Å². The molecule has 4 nitrogen and oxygen atoms in total. The molecule has 0 saturated heterocycles. The van der Waals surface area contributed by atoms with Crippen LogP contribution in [0.3, 0.4) is 0 Å². The maximum atomic E-state index is 14.2. The first-order chi connectivity index (χ1) is 9.97. The Hall–Kier alpha value is -2.68. The van der Waals surface area contributed by atoms with E-state index in [1.807, 2.05) is 0 Å². The molecule has 1 N–H and O–H groups in total. The number of aromatic nitrogens is 1. The highest BCUT2D eigenvalue weighted by molar-refractivity contribution is 5.72. The van der Waals surface area contributed by atoms with E-state index in [0.717, 1.165) is 12.1 Å². The number of H-pyrrole nitrogens is 1. The molecule has 0 saturated carbocycles. The number of pyridine rings is 1. The number of nitrogens with one attached hydrogen (secondary N) is 1. The molecule has 0 aliphatic carbocycles. The van der Waals surface area contributed by atoms with Crippen LogP contribution in [0, 0.1) is 29.9 Å². The molecule has 108 valence electrons. The fraction of sp³-hybridized carbons (Fsp3) is 0.200. The molecule has 0 atom stereocenters. The molecule has 0 amide bonds. The van der Waals surface area contributed by atoms with Crippen LogP contribution in [0.1, 0.15) is 18.2 Å². The second-order valence-corrected chi connectivity index (χ2v) is 4.38. The highest BCUT2D eigenvalue weighted by Crippen LogP contribution is 2.31. The SMILES string of the molecule is CCOc1cc(F)c(-c2cc(C)[nH]c(=O)c2C#N)c(F)c1. The van der Waals surface area contributed by atoms with Crippen LogP contribution in [0.25, 0.3) is 11.1 Å². The molecular formula is C15H12F2N2O2. The van der Waals surface area contributed by atoms with E-state index in [9.17, 15) is 13.6 Å². The lowest BCUT2D eigenvalue weighted by Gasteiger charge is -2.10. The van der Waals surface area contributed by atoms with Crippen LogP contribution >= 0.6 is 0 Å². The fourth-order valence-corrected chi connectivity index (χ4v) is 2.05. The summed E-state index contributed by atoms with van der Waals surface area (Å²) in [6.07, 6.45) is 0. The molecule has 6 heteroatoms. The Balaban J connectivity index is 2.74. The first-order valence-electron chi connectivity index (χ1n) is 6.24. The van der Waals surface area contributed by atoms with Gasteiger partial charge in [-0.05, 0) is 19.9 Å². The second-order valence-electron chi connectivity index (χ2n) is 4.38. The summed E-state index contributed by atoms with van der Waals surface area (Å²) in [5, 5.41) is 9.03. The smallest absolute Gasteiger partial charge is 0.266 e. The Morgan fingerprint density at radius 3 is 2.43 bits per heavy atom. The van der Waals surface area contributed by atoms with Crippen molar-refractivity contribution >= 4 is 0 Å². The van der Waals surface area contributed by atoms with Gasteiger partial charge >= 0.3 is 0 Å². The number of rotatable bonds is 3. The predicted molar refractivity (Wildman–Crippen MR) is 73.0 cm³/mol. The van der Waals surface area contributed by atoms with E-state index in [0.29, 0.717) is 5.69 Å². The molecular weight excluding hydrogens is 278 g/mol. The number of benzene rings is 1. The van der Waals surface area contributed by atoms with Gasteiger partial charge in [0.15, 0.2) is 0 Å². The maximum absolute atomic E-state index is 14.2. The average Bonchev–Trinajstić information content (AvgIpc) is 2.37. The van der Waals surface area contributed by atoms with E-state index < -0.39 is 22.8 Å². The minimum Gasteiger partial charge on any atom is -0.494 e. The van der Waals surface area contributed by atoms with Gasteiger partial charge in [0.25, 0.3) is 5.56 Å². The summed E-state index contributed by atoms with van der Waals surface area (Å²) < 4.78 is 33.4. The largest absolute Gasteiger partial charge is 0.494 e. The van der Waals surface area contributed by atoms with Crippen molar-refractivity contribution in [2.24, 2.45) is 0 Å². The monoisotopic (exact) mass is 290 g/mol. The highest BCUT2D eigenvalue weighted by atomic mass is 19.1. The van der Waals surface area contributed by atoms with Gasteiger partial charge in [-0.25, -0.2) is 8.78 Å². The third kappa shape index (κ3) is 2.77. The quantitative estimate of drug-likeness (QED) is 0.945. The summed E-state index contributed by atoms with van der Waals surface area (Å²) in [7, 11) is 0. The maximum Gasteiger partial charge on any atom is 0.266 e. The molecule has 1 heterocycles. The minimum atomic E-state index is -0.889. The third-order valence-electron chi connectivity index (χ3n) is 2.88. The van der Waals surface area contributed by atoms with Crippen LogP contribution in [0.2, 0.25) is 0 Å². The number of aromatic amines is 1. The van der Waals surface area contributed by atoms with E-state index in [1.54, 1.807) is 19.9 Å². The molecule has 0 unspecified atom stereocenters. The third-order valence-corrected chi connectivity index (χ3v) is 2.88. The zero-order chi connectivity index (χ0) is 15.6. The van der Waals surface area contributed by atoms with E-state index in [-0.39, 0.29) is 23.5 Å². The molecule has 21 heavy (non-hydrogen) atoms. The molecule has 0 fully saturated rings. The number of hydrogen-bond acceptors (Lipinski definition) is 3. The molecule has 2 rings (SSSR count). The van der Waals surface area contributed by atoms with E-state index >= 15 is 0 Å². The number of nitriles is 1. The highest BCUT2D eigenvalue weighted by Gasteiger charge is 2.19. The summed E-state index contributed by atoms with van der Waals surface area (Å²) in [6, 6.07) is 5.09. The summed E-state index contributed by atoms with van der Waals surface area (Å²) >= 11 is 0. The Kier molecular flexibility index (Phi) is 4.03. The molecule has 0 radical (unpaired) electrons. The number of halogens is 2. The predicted octanol–water partition coefficient (Wildman–Crippen LogP) is 2.90. The summed E-state index contributed by atoms with van der Waals surface area (Å²) in [4.78, 5) is 14.1. The molecule has 0 aliphatic heterocycles. The zero-order valence-electron chi connectivity index (χ0n) is 11.5. The molecule has 1 aromatic carbocycles. The van der Waals surface area contributed by atoms with Gasteiger partial charge in [-0.3, -0.25) is 4.79 Å². The van der Waals surface area contributed by atoms with Crippen LogP contribution in [0.15, 0.2) is 23.0 Å². The molecule has 1 aromatic heterocycles. The average molecular weight is 290 g/mol. The minimum absolute atomic E-state index is 0.0521. The molecule has 0 spiro atoms. The first kappa shape index (κ1) is 14.7. The van der Waals surface area contributed by atoms with Gasteiger partial charge in [-0.1, -0.05) is 0 Å². The van der Waals surface area contributed by atoms with Gasteiger partial charge in [-0.15, -0.1) is 0 Å². The van der Waals surface area contributed by atoms with E-state index in [4.69, 9.17) is 10.00 Å². The Labute approximate surface area is 119 Å². The van der Waals surface area contributed by atoms with Crippen molar-refractivity contribution in [3.63, 3.8) is 0 Å². The van der Waals surface area contributed by atoms with Crippen LogP contribution in [0.4, 0.5) is 8.78 Å². The number of nitrogens with zero attached hydrogens (tertiary/aromatic N) is 1. The van der Waals surface area contributed by atoms with Crippen molar-refractivity contribution in [3.05, 3.63) is 51.4 Å². The van der Waals surface area contributed by atoms with Crippen molar-refractivity contribution in [2.45, 2.75) is 13.8 Å². The lowest BCUT2D eigenvalue weighted by Crippen LogP contribution is -2.13. The normalized spacial score (nSPS) is 10.2. The molecule has 0 bridgehead atoms. The topological polar surface area (TPSA) is 65.9 Å². The fourth-order valence-electron chi connectivity index (χ4n) is 2.05. The lowest BCUT2D eigenvalue weighted by atomic mass is 9.99. The van der Waals surface area contributed by atoms with Gasteiger partial charge in [0.1, 0.15) is 29.0 Å². The number of aryl methyl sites for hydroxylation is 1. The van der Waals surface area contributed by atoms with Crippen molar-refractivity contribution in [2.75, 3.05) is 6.61 Å². The van der Waals surface area contributed by atoms with Crippen LogP contribution in [-0.2, 0) is 0 Å². The van der Waals surface area contributed by atoms with Crippen LogP contribution < -0.4 is 10.3 Å². The Morgan fingerprint density at radius 1 is 1.29 bits per heavy atom. The van der Waals surface area contributed by atoms with Gasteiger partial charge < -0.3 is 9.72 Å². The number of ether oxygens (including phenoxy) is 1. The van der Waals surface area contributed by atoms with Gasteiger partial charge in [-0.2, -0.15) is 5.26 Å². The number of hydrogen-bond donors (Lipinski definition) is 1. The van der Waals surface area contributed by atoms with Crippen LogP contribution in [-0.4, -0.2) is 11.6 Å². The lowest BCUT2D eigenvalue weighted by molar-refractivity contribution is 0.336. The summed E-state index contributed by atoms with van der Waals surface area (Å²) in [5.74, 6) is -1.73. The van der Waals surface area contributed by atoms with Gasteiger partial charge in [0, 0.05) is 23.4 Å². The Morgan fingerprint density at radius 2 is 1.90 bits per heavy atom. The van der Waals surface area contributed by atoms with Gasteiger partial charge in [0.2, 0.25) is 0 Å². The summed E-state index contributed by atoms with van der Waals surface area (Å²) in [5.41, 5.74) is -1.09. The van der Waals surface area contributed by atoms with E-state index in [2.05, 4.69) is 4.98 Å². The second kappa shape index (κ2) is 5.75. The van der Waals surface area contributed by atoms with Crippen molar-refractivity contribution in [3.8, 4) is 22.9 Å². The molecule has 2 aromatic rings. The standard InChI is InChI=1S/C15H12F2N2O2/c1-3-21-9-5-12(16)14(13(17)6-9)10-4-8(2)19-15(20)11(10)7-18/h4-6H,3H2,1-2H3,(H,19,20). The first-order valence-corrected chi connectivity index (χ1v) is 6.24. The van der Waals surface area contributed by atoms with Crippen molar-refractivity contribution < 1.29 is 13.5 Å². The molecule has 0 aliphatic rings. The van der Waals surface area contributed by atoms with Crippen molar-refractivity contribution in [1.82, 2.24) is 4.98 Å². The Bertz CT molecular complexity index is 768. The van der Waals surface area contributed by atoms with Gasteiger partial charge in [0.05, 0.1) is 12.2 Å². The summed E-state index contributed by atoms with van der Waals surface area (Å²) in [6.45, 7) is 3.53. The zero-order valence-corrected chi connectivity index (χ0v) is 11.5.